The Kier molecular flexibility index (Phi) is 4.70. The molecular formula is C15H20F3NO. The van der Waals surface area contributed by atoms with Gasteiger partial charge >= 0.3 is 6.18 Å². The van der Waals surface area contributed by atoms with Crippen LogP contribution in [0.3, 0.4) is 0 Å². The minimum Gasteiger partial charge on any atom is -0.383 e. The van der Waals surface area contributed by atoms with E-state index in [1.54, 1.807) is 7.11 Å². The second kappa shape index (κ2) is 6.14. The number of nitrogens with one attached hydrogen (secondary N) is 1. The fourth-order valence-electron chi connectivity index (χ4n) is 2.70. The van der Waals surface area contributed by atoms with Crippen LogP contribution in [0.2, 0.25) is 0 Å². The van der Waals surface area contributed by atoms with Gasteiger partial charge in [0.2, 0.25) is 0 Å². The van der Waals surface area contributed by atoms with Gasteiger partial charge in [0.1, 0.15) is 0 Å². The normalized spacial score (nSPS) is 17.8. The Morgan fingerprint density at radius 2 is 2.05 bits per heavy atom. The monoisotopic (exact) mass is 287 g/mol. The first-order valence-corrected chi connectivity index (χ1v) is 6.85. The molecule has 1 N–H and O–H groups in total. The molecule has 0 unspecified atom stereocenters. The van der Waals surface area contributed by atoms with Crippen LogP contribution < -0.4 is 5.32 Å². The van der Waals surface area contributed by atoms with Crippen LogP contribution >= 0.6 is 0 Å². The Balaban J connectivity index is 2.11. The largest absolute Gasteiger partial charge is 0.416 e. The summed E-state index contributed by atoms with van der Waals surface area (Å²) in [4.78, 5) is 0. The highest BCUT2D eigenvalue weighted by Gasteiger charge is 2.40. The van der Waals surface area contributed by atoms with Gasteiger partial charge in [0, 0.05) is 25.6 Å². The van der Waals surface area contributed by atoms with Crippen molar-refractivity contribution in [3.8, 4) is 0 Å². The van der Waals surface area contributed by atoms with Gasteiger partial charge in [-0.2, -0.15) is 13.2 Å². The summed E-state index contributed by atoms with van der Waals surface area (Å²) in [5, 5.41) is 3.28. The highest BCUT2D eigenvalue weighted by Crippen LogP contribution is 2.44. The SMILES string of the molecule is COCCNCC1(c2cccc(C(F)(F)F)c2)CCC1. The van der Waals surface area contributed by atoms with Gasteiger partial charge in [0.05, 0.1) is 12.2 Å². The molecule has 112 valence electrons. The van der Waals surface area contributed by atoms with Crippen molar-refractivity contribution in [2.75, 3.05) is 26.8 Å². The number of halogens is 3. The third-order valence-electron chi connectivity index (χ3n) is 4.06. The lowest BCUT2D eigenvalue weighted by atomic mass is 9.64. The molecule has 2 rings (SSSR count). The number of rotatable bonds is 6. The van der Waals surface area contributed by atoms with Crippen molar-refractivity contribution in [3.05, 3.63) is 35.4 Å². The third kappa shape index (κ3) is 3.33. The van der Waals surface area contributed by atoms with E-state index in [4.69, 9.17) is 4.74 Å². The Hall–Kier alpha value is -1.07. The molecule has 20 heavy (non-hydrogen) atoms. The summed E-state index contributed by atoms with van der Waals surface area (Å²) in [5.41, 5.74) is 0.0938. The summed E-state index contributed by atoms with van der Waals surface area (Å²) in [5.74, 6) is 0. The maximum Gasteiger partial charge on any atom is 0.416 e. The molecule has 0 atom stereocenters. The molecule has 1 aromatic carbocycles. The van der Waals surface area contributed by atoms with Crippen LogP contribution in [-0.4, -0.2) is 26.8 Å². The first-order valence-electron chi connectivity index (χ1n) is 6.85. The second-order valence-electron chi connectivity index (χ2n) is 5.38. The predicted octanol–water partition coefficient (Wildman–Crippen LogP) is 3.36. The van der Waals surface area contributed by atoms with Gasteiger partial charge < -0.3 is 10.1 Å². The van der Waals surface area contributed by atoms with Crippen LogP contribution in [-0.2, 0) is 16.3 Å². The quantitative estimate of drug-likeness (QED) is 0.810. The van der Waals surface area contributed by atoms with Crippen LogP contribution in [0.1, 0.15) is 30.4 Å². The van der Waals surface area contributed by atoms with Crippen LogP contribution in [0, 0.1) is 0 Å². The van der Waals surface area contributed by atoms with Crippen LogP contribution in [0.5, 0.6) is 0 Å². The van der Waals surface area contributed by atoms with E-state index >= 15 is 0 Å². The van der Waals surface area contributed by atoms with Crippen molar-refractivity contribution in [3.63, 3.8) is 0 Å². The van der Waals surface area contributed by atoms with Crippen molar-refractivity contribution in [2.45, 2.75) is 30.9 Å². The van der Waals surface area contributed by atoms with Crippen molar-refractivity contribution in [2.24, 2.45) is 0 Å². The van der Waals surface area contributed by atoms with E-state index in [0.717, 1.165) is 37.4 Å². The number of benzene rings is 1. The average molecular weight is 287 g/mol. The average Bonchev–Trinajstić information content (AvgIpc) is 2.36. The Bertz CT molecular complexity index is 441. The zero-order valence-corrected chi connectivity index (χ0v) is 11.6. The van der Waals surface area contributed by atoms with Crippen molar-refractivity contribution in [1.82, 2.24) is 5.32 Å². The molecule has 0 amide bonds. The maximum atomic E-state index is 12.8. The van der Waals surface area contributed by atoms with E-state index in [2.05, 4.69) is 5.32 Å². The van der Waals surface area contributed by atoms with Gasteiger partial charge in [-0.15, -0.1) is 0 Å². The van der Waals surface area contributed by atoms with E-state index in [1.165, 1.54) is 12.1 Å². The molecule has 1 saturated carbocycles. The fourth-order valence-corrected chi connectivity index (χ4v) is 2.70. The first-order chi connectivity index (χ1) is 9.48. The molecule has 0 bridgehead atoms. The summed E-state index contributed by atoms with van der Waals surface area (Å²) in [6.07, 6.45) is -1.32. The van der Waals surface area contributed by atoms with Gasteiger partial charge in [-0.1, -0.05) is 24.6 Å². The molecule has 0 spiro atoms. The number of methoxy groups -OCH3 is 1. The van der Waals surface area contributed by atoms with E-state index in [1.807, 2.05) is 6.07 Å². The third-order valence-corrected chi connectivity index (χ3v) is 4.06. The molecule has 0 heterocycles. The van der Waals surface area contributed by atoms with Crippen LogP contribution in [0.25, 0.3) is 0 Å². The first kappa shape index (κ1) is 15.3. The highest BCUT2D eigenvalue weighted by atomic mass is 19.4. The summed E-state index contributed by atoms with van der Waals surface area (Å²) < 4.78 is 43.4. The zero-order valence-electron chi connectivity index (χ0n) is 11.6. The van der Waals surface area contributed by atoms with E-state index in [0.29, 0.717) is 13.2 Å². The van der Waals surface area contributed by atoms with Crippen LogP contribution in [0.4, 0.5) is 13.2 Å². The second-order valence-corrected chi connectivity index (χ2v) is 5.38. The summed E-state index contributed by atoms with van der Waals surface area (Å²) >= 11 is 0. The topological polar surface area (TPSA) is 21.3 Å². The minimum absolute atomic E-state index is 0.144. The molecule has 1 aliphatic rings. The Labute approximate surface area is 117 Å². The lowest BCUT2D eigenvalue weighted by molar-refractivity contribution is -0.137. The number of alkyl halides is 3. The summed E-state index contributed by atoms with van der Waals surface area (Å²) in [7, 11) is 1.63. The zero-order chi connectivity index (χ0) is 14.6. The summed E-state index contributed by atoms with van der Waals surface area (Å²) in [6.45, 7) is 2.04. The standard InChI is InChI=1S/C15H20F3NO/c1-20-9-8-19-11-14(6-3-7-14)12-4-2-5-13(10-12)15(16,17)18/h2,4-5,10,19H,3,6-9,11H2,1H3. The molecule has 2 nitrogen and oxygen atoms in total. The lowest BCUT2D eigenvalue weighted by Gasteiger charge is -2.43. The maximum absolute atomic E-state index is 12.8. The summed E-state index contributed by atoms with van der Waals surface area (Å²) in [6, 6.07) is 5.76. The molecule has 1 fully saturated rings. The highest BCUT2D eigenvalue weighted by molar-refractivity contribution is 5.34. The van der Waals surface area contributed by atoms with E-state index in [-0.39, 0.29) is 5.41 Å². The van der Waals surface area contributed by atoms with Crippen molar-refractivity contribution < 1.29 is 17.9 Å². The molecule has 0 radical (unpaired) electrons. The van der Waals surface area contributed by atoms with E-state index < -0.39 is 11.7 Å². The molecule has 1 aromatic rings. The molecule has 0 saturated heterocycles. The molecule has 0 aliphatic heterocycles. The number of ether oxygens (including phenoxy) is 1. The predicted molar refractivity (Wildman–Crippen MR) is 71.7 cm³/mol. The molecule has 0 aromatic heterocycles. The van der Waals surface area contributed by atoms with Crippen molar-refractivity contribution >= 4 is 0 Å². The molecule has 1 aliphatic carbocycles. The van der Waals surface area contributed by atoms with Gasteiger partial charge in [0.15, 0.2) is 0 Å². The molecular weight excluding hydrogens is 267 g/mol. The van der Waals surface area contributed by atoms with Gasteiger partial charge in [-0.25, -0.2) is 0 Å². The minimum atomic E-state index is -4.27. The molecule has 5 heteroatoms. The van der Waals surface area contributed by atoms with Gasteiger partial charge in [-0.05, 0) is 24.5 Å². The van der Waals surface area contributed by atoms with Gasteiger partial charge in [-0.3, -0.25) is 0 Å². The number of hydrogen-bond acceptors (Lipinski definition) is 2. The Morgan fingerprint density at radius 1 is 1.30 bits per heavy atom. The van der Waals surface area contributed by atoms with Crippen molar-refractivity contribution in [1.29, 1.82) is 0 Å². The number of hydrogen-bond donors (Lipinski definition) is 1. The van der Waals surface area contributed by atoms with Gasteiger partial charge in [0.25, 0.3) is 0 Å². The van der Waals surface area contributed by atoms with E-state index in [9.17, 15) is 13.2 Å². The smallest absolute Gasteiger partial charge is 0.383 e. The Morgan fingerprint density at radius 3 is 2.60 bits per heavy atom. The fraction of sp³-hybridized carbons (Fsp3) is 0.600. The van der Waals surface area contributed by atoms with Crippen LogP contribution in [0.15, 0.2) is 24.3 Å². The lowest BCUT2D eigenvalue weighted by Crippen LogP contribution is -2.44.